The quantitative estimate of drug-likeness (QED) is 0.713. The Hall–Kier alpha value is -1.35. The standard InChI is InChI=1S/C13H16O3/c1-15-13(14)12(11-7-8-11)16-9-10-5-3-2-4-6-10/h2-6,11-12H,7-9H2,1H3. The molecule has 0 saturated heterocycles. The smallest absolute Gasteiger partial charge is 0.335 e. The van der Waals surface area contributed by atoms with Gasteiger partial charge in [-0.05, 0) is 24.3 Å². The van der Waals surface area contributed by atoms with Gasteiger partial charge >= 0.3 is 5.97 Å². The summed E-state index contributed by atoms with van der Waals surface area (Å²) in [5.41, 5.74) is 1.08. The molecule has 0 bridgehead atoms. The van der Waals surface area contributed by atoms with Crippen LogP contribution in [0.3, 0.4) is 0 Å². The molecule has 1 unspecified atom stereocenters. The molecule has 1 aliphatic rings. The molecule has 0 aliphatic heterocycles. The molecule has 0 radical (unpaired) electrons. The summed E-state index contributed by atoms with van der Waals surface area (Å²) in [6.45, 7) is 0.469. The molecule has 3 heteroatoms. The van der Waals surface area contributed by atoms with Crippen molar-refractivity contribution in [3.05, 3.63) is 35.9 Å². The number of rotatable bonds is 5. The number of carbonyl (C=O) groups is 1. The zero-order valence-electron chi connectivity index (χ0n) is 9.39. The lowest BCUT2D eigenvalue weighted by atomic mass is 10.2. The lowest BCUT2D eigenvalue weighted by molar-refractivity contribution is -0.156. The van der Waals surface area contributed by atoms with Gasteiger partial charge in [-0.25, -0.2) is 4.79 Å². The third kappa shape index (κ3) is 2.83. The van der Waals surface area contributed by atoms with E-state index in [1.165, 1.54) is 7.11 Å². The van der Waals surface area contributed by atoms with Gasteiger partial charge in [0.2, 0.25) is 0 Å². The van der Waals surface area contributed by atoms with Crippen molar-refractivity contribution in [2.75, 3.05) is 7.11 Å². The minimum absolute atomic E-state index is 0.251. The second-order valence-corrected chi connectivity index (χ2v) is 4.08. The molecule has 0 N–H and O–H groups in total. The Morgan fingerprint density at radius 1 is 1.38 bits per heavy atom. The van der Waals surface area contributed by atoms with Crippen molar-refractivity contribution >= 4 is 5.97 Å². The predicted octanol–water partition coefficient (Wildman–Crippen LogP) is 2.15. The van der Waals surface area contributed by atoms with Crippen LogP contribution in [0.25, 0.3) is 0 Å². The zero-order valence-corrected chi connectivity index (χ0v) is 9.39. The van der Waals surface area contributed by atoms with Gasteiger partial charge in [-0.15, -0.1) is 0 Å². The highest BCUT2D eigenvalue weighted by atomic mass is 16.6. The van der Waals surface area contributed by atoms with E-state index in [1.54, 1.807) is 0 Å². The SMILES string of the molecule is COC(=O)C(OCc1ccccc1)C1CC1. The Morgan fingerprint density at radius 2 is 2.06 bits per heavy atom. The van der Waals surface area contributed by atoms with Crippen molar-refractivity contribution in [1.29, 1.82) is 0 Å². The second-order valence-electron chi connectivity index (χ2n) is 4.08. The highest BCUT2D eigenvalue weighted by Gasteiger charge is 2.37. The molecule has 86 valence electrons. The summed E-state index contributed by atoms with van der Waals surface area (Å²) in [5.74, 6) is 0.106. The van der Waals surface area contributed by atoms with E-state index in [9.17, 15) is 4.79 Å². The van der Waals surface area contributed by atoms with Crippen LogP contribution in [0.4, 0.5) is 0 Å². The van der Waals surface area contributed by atoms with E-state index in [0.29, 0.717) is 12.5 Å². The number of hydrogen-bond donors (Lipinski definition) is 0. The first kappa shape index (κ1) is 11.1. The Bertz CT molecular complexity index is 343. The fraction of sp³-hybridized carbons (Fsp3) is 0.462. The first-order chi connectivity index (χ1) is 7.81. The monoisotopic (exact) mass is 220 g/mol. The molecule has 2 rings (SSSR count). The maximum atomic E-state index is 11.5. The molecule has 1 aromatic rings. The number of methoxy groups -OCH3 is 1. The molecule has 16 heavy (non-hydrogen) atoms. The van der Waals surface area contributed by atoms with E-state index in [2.05, 4.69) is 0 Å². The average molecular weight is 220 g/mol. The summed E-state index contributed by atoms with van der Waals surface area (Å²) in [4.78, 5) is 11.5. The first-order valence-electron chi connectivity index (χ1n) is 5.54. The lowest BCUT2D eigenvalue weighted by Gasteiger charge is -2.14. The highest BCUT2D eigenvalue weighted by molar-refractivity contribution is 5.75. The maximum absolute atomic E-state index is 11.5. The van der Waals surface area contributed by atoms with Crippen LogP contribution in [-0.4, -0.2) is 19.2 Å². The van der Waals surface area contributed by atoms with Gasteiger partial charge in [0.05, 0.1) is 13.7 Å². The van der Waals surface area contributed by atoms with E-state index < -0.39 is 0 Å². The summed E-state index contributed by atoms with van der Waals surface area (Å²) < 4.78 is 10.4. The predicted molar refractivity (Wildman–Crippen MR) is 59.8 cm³/mol. The van der Waals surface area contributed by atoms with Crippen LogP contribution in [0.2, 0.25) is 0 Å². The van der Waals surface area contributed by atoms with E-state index in [1.807, 2.05) is 30.3 Å². The molecule has 0 aromatic heterocycles. The van der Waals surface area contributed by atoms with Crippen molar-refractivity contribution in [2.45, 2.75) is 25.6 Å². The maximum Gasteiger partial charge on any atom is 0.335 e. The van der Waals surface area contributed by atoms with E-state index >= 15 is 0 Å². The summed E-state index contributed by atoms with van der Waals surface area (Å²) in [5, 5.41) is 0. The Labute approximate surface area is 95.4 Å². The number of carbonyl (C=O) groups excluding carboxylic acids is 1. The number of hydrogen-bond acceptors (Lipinski definition) is 3. The minimum Gasteiger partial charge on any atom is -0.467 e. The molecule has 1 saturated carbocycles. The number of benzene rings is 1. The average Bonchev–Trinajstić information content (AvgIpc) is 3.15. The van der Waals surface area contributed by atoms with Gasteiger partial charge in [-0.2, -0.15) is 0 Å². The van der Waals surface area contributed by atoms with Gasteiger partial charge < -0.3 is 9.47 Å². The van der Waals surface area contributed by atoms with Crippen LogP contribution in [-0.2, 0) is 20.9 Å². The molecule has 1 fully saturated rings. The first-order valence-corrected chi connectivity index (χ1v) is 5.54. The van der Waals surface area contributed by atoms with Crippen molar-refractivity contribution < 1.29 is 14.3 Å². The zero-order chi connectivity index (χ0) is 11.4. The minimum atomic E-state index is -0.384. The molecule has 0 spiro atoms. The van der Waals surface area contributed by atoms with Gasteiger partial charge in [-0.1, -0.05) is 30.3 Å². The van der Waals surface area contributed by atoms with Crippen molar-refractivity contribution in [2.24, 2.45) is 5.92 Å². The van der Waals surface area contributed by atoms with Crippen LogP contribution in [0.15, 0.2) is 30.3 Å². The summed E-state index contributed by atoms with van der Waals surface area (Å²) in [6.07, 6.45) is 1.74. The molecule has 0 amide bonds. The Balaban J connectivity index is 1.89. The lowest BCUT2D eigenvalue weighted by Crippen LogP contribution is -2.27. The topological polar surface area (TPSA) is 35.5 Å². The van der Waals surface area contributed by atoms with Crippen molar-refractivity contribution in [1.82, 2.24) is 0 Å². The van der Waals surface area contributed by atoms with Gasteiger partial charge in [-0.3, -0.25) is 0 Å². The summed E-state index contributed by atoms with van der Waals surface area (Å²) in [6, 6.07) is 9.86. The van der Waals surface area contributed by atoms with Crippen molar-refractivity contribution in [3.8, 4) is 0 Å². The van der Waals surface area contributed by atoms with Gasteiger partial charge in [0.25, 0.3) is 0 Å². The van der Waals surface area contributed by atoms with E-state index in [4.69, 9.17) is 9.47 Å². The number of ether oxygens (including phenoxy) is 2. The molecule has 1 atom stereocenters. The van der Waals surface area contributed by atoms with Crippen LogP contribution in [0, 0.1) is 5.92 Å². The molecular formula is C13H16O3. The normalized spacial score (nSPS) is 16.8. The van der Waals surface area contributed by atoms with Crippen LogP contribution < -0.4 is 0 Å². The van der Waals surface area contributed by atoms with Gasteiger partial charge in [0.1, 0.15) is 0 Å². The fourth-order valence-electron chi connectivity index (χ4n) is 1.67. The van der Waals surface area contributed by atoms with Gasteiger partial charge in [0.15, 0.2) is 6.10 Å². The van der Waals surface area contributed by atoms with Crippen LogP contribution in [0.1, 0.15) is 18.4 Å². The number of esters is 1. The van der Waals surface area contributed by atoms with E-state index in [0.717, 1.165) is 18.4 Å². The second kappa shape index (κ2) is 5.12. The summed E-state index contributed by atoms with van der Waals surface area (Å²) >= 11 is 0. The summed E-state index contributed by atoms with van der Waals surface area (Å²) in [7, 11) is 1.41. The molecular weight excluding hydrogens is 204 g/mol. The fourth-order valence-corrected chi connectivity index (χ4v) is 1.67. The third-order valence-electron chi connectivity index (χ3n) is 2.76. The highest BCUT2D eigenvalue weighted by Crippen LogP contribution is 2.35. The van der Waals surface area contributed by atoms with Crippen LogP contribution >= 0.6 is 0 Å². The molecule has 1 aliphatic carbocycles. The Kier molecular flexibility index (Phi) is 3.57. The largest absolute Gasteiger partial charge is 0.467 e. The third-order valence-corrected chi connectivity index (χ3v) is 2.76. The van der Waals surface area contributed by atoms with E-state index in [-0.39, 0.29) is 12.1 Å². The van der Waals surface area contributed by atoms with Crippen molar-refractivity contribution in [3.63, 3.8) is 0 Å². The molecule has 1 aromatic carbocycles. The molecule has 3 nitrogen and oxygen atoms in total. The van der Waals surface area contributed by atoms with Gasteiger partial charge in [0, 0.05) is 0 Å². The van der Waals surface area contributed by atoms with Crippen LogP contribution in [0.5, 0.6) is 0 Å². The molecule has 0 heterocycles. The Morgan fingerprint density at radius 3 is 2.62 bits per heavy atom.